The first-order chi connectivity index (χ1) is 11.6. The Kier molecular flexibility index (Phi) is 5.55. The number of aliphatic hydroxyl groups excluding tert-OH is 1. The van der Waals surface area contributed by atoms with Crippen molar-refractivity contribution in [2.45, 2.75) is 45.8 Å². The Morgan fingerprint density at radius 3 is 2.08 bits per heavy atom. The van der Waals surface area contributed by atoms with Crippen LogP contribution in [0, 0.1) is 6.92 Å². The van der Waals surface area contributed by atoms with Crippen LogP contribution in [0.15, 0.2) is 42.5 Å². The lowest BCUT2D eigenvalue weighted by molar-refractivity contribution is 0.0488. The standard InChI is InChI=1S/C21H24O4/c1-5-18(22)19(23)17-11-10-16(12-13(17)2)14-6-8-15(9-7-14)20(24)21(3,4)25/h6-12,18,22,25H,5H2,1-4H3. The maximum Gasteiger partial charge on any atom is 0.193 e. The van der Waals surface area contributed by atoms with Crippen LogP contribution < -0.4 is 0 Å². The first-order valence-electron chi connectivity index (χ1n) is 8.35. The van der Waals surface area contributed by atoms with Crippen LogP contribution in [-0.2, 0) is 0 Å². The maximum atomic E-state index is 12.1. The third-order valence-electron chi connectivity index (χ3n) is 4.22. The number of ketones is 2. The van der Waals surface area contributed by atoms with Gasteiger partial charge in [-0.15, -0.1) is 0 Å². The molecule has 0 spiro atoms. The summed E-state index contributed by atoms with van der Waals surface area (Å²) in [6.07, 6.45) is -0.590. The van der Waals surface area contributed by atoms with Gasteiger partial charge in [0, 0.05) is 11.1 Å². The molecule has 0 fully saturated rings. The van der Waals surface area contributed by atoms with E-state index in [0.717, 1.165) is 16.7 Å². The second-order valence-electron chi connectivity index (χ2n) is 6.78. The van der Waals surface area contributed by atoms with E-state index in [1.165, 1.54) is 13.8 Å². The Labute approximate surface area is 148 Å². The van der Waals surface area contributed by atoms with E-state index >= 15 is 0 Å². The minimum Gasteiger partial charge on any atom is -0.385 e. The third-order valence-corrected chi connectivity index (χ3v) is 4.22. The van der Waals surface area contributed by atoms with Crippen molar-refractivity contribution in [3.63, 3.8) is 0 Å². The van der Waals surface area contributed by atoms with Gasteiger partial charge in [0.25, 0.3) is 0 Å². The molecule has 0 radical (unpaired) electrons. The molecule has 0 aliphatic heterocycles. The second-order valence-corrected chi connectivity index (χ2v) is 6.78. The molecule has 0 heterocycles. The van der Waals surface area contributed by atoms with Crippen LogP contribution in [0.1, 0.15) is 53.5 Å². The summed E-state index contributed by atoms with van der Waals surface area (Å²) >= 11 is 0. The average molecular weight is 340 g/mol. The molecule has 25 heavy (non-hydrogen) atoms. The lowest BCUT2D eigenvalue weighted by Gasteiger charge is -2.16. The fraction of sp³-hybridized carbons (Fsp3) is 0.333. The molecule has 4 nitrogen and oxygen atoms in total. The summed E-state index contributed by atoms with van der Waals surface area (Å²) in [7, 11) is 0. The van der Waals surface area contributed by atoms with Crippen molar-refractivity contribution in [3.8, 4) is 11.1 Å². The number of rotatable bonds is 6. The van der Waals surface area contributed by atoms with Gasteiger partial charge in [0.2, 0.25) is 0 Å². The Morgan fingerprint density at radius 1 is 1.04 bits per heavy atom. The zero-order valence-electron chi connectivity index (χ0n) is 15.0. The van der Waals surface area contributed by atoms with Crippen molar-refractivity contribution in [1.29, 1.82) is 0 Å². The van der Waals surface area contributed by atoms with Crippen molar-refractivity contribution in [3.05, 3.63) is 59.2 Å². The minimum atomic E-state index is -1.40. The maximum absolute atomic E-state index is 12.1. The molecule has 4 heteroatoms. The van der Waals surface area contributed by atoms with Crippen LogP contribution in [0.4, 0.5) is 0 Å². The van der Waals surface area contributed by atoms with Crippen LogP contribution >= 0.6 is 0 Å². The lowest BCUT2D eigenvalue weighted by atomic mass is 9.93. The molecular formula is C21H24O4. The molecule has 0 saturated carbocycles. The Morgan fingerprint density at radius 2 is 1.60 bits per heavy atom. The van der Waals surface area contributed by atoms with Crippen molar-refractivity contribution >= 4 is 11.6 Å². The monoisotopic (exact) mass is 340 g/mol. The van der Waals surface area contributed by atoms with Gasteiger partial charge in [-0.3, -0.25) is 9.59 Å². The first-order valence-corrected chi connectivity index (χ1v) is 8.35. The normalized spacial score (nSPS) is 12.7. The molecule has 2 rings (SSSR count). The topological polar surface area (TPSA) is 74.6 Å². The number of aliphatic hydroxyl groups is 2. The highest BCUT2D eigenvalue weighted by atomic mass is 16.3. The summed E-state index contributed by atoms with van der Waals surface area (Å²) in [4.78, 5) is 24.2. The van der Waals surface area contributed by atoms with E-state index in [1.54, 1.807) is 25.1 Å². The van der Waals surface area contributed by atoms with Crippen LogP contribution in [0.5, 0.6) is 0 Å². The van der Waals surface area contributed by atoms with Gasteiger partial charge in [-0.05, 0) is 43.9 Å². The second kappa shape index (κ2) is 7.30. The third kappa shape index (κ3) is 4.21. The molecule has 0 aromatic heterocycles. The smallest absolute Gasteiger partial charge is 0.193 e. The van der Waals surface area contributed by atoms with E-state index in [2.05, 4.69) is 0 Å². The molecule has 2 N–H and O–H groups in total. The highest BCUT2D eigenvalue weighted by molar-refractivity contribution is 6.02. The van der Waals surface area contributed by atoms with Crippen molar-refractivity contribution in [1.82, 2.24) is 0 Å². The van der Waals surface area contributed by atoms with Crippen molar-refractivity contribution in [2.24, 2.45) is 0 Å². The predicted octanol–water partition coefficient (Wildman–Crippen LogP) is 3.57. The largest absolute Gasteiger partial charge is 0.385 e. The molecule has 0 aliphatic carbocycles. The first kappa shape index (κ1) is 19.0. The van der Waals surface area contributed by atoms with Crippen molar-refractivity contribution in [2.75, 3.05) is 0 Å². The molecule has 0 bridgehead atoms. The van der Waals surface area contributed by atoms with Gasteiger partial charge in [-0.1, -0.05) is 49.4 Å². The number of hydrogen-bond donors (Lipinski definition) is 2. The molecule has 0 aliphatic rings. The predicted molar refractivity (Wildman–Crippen MR) is 97.9 cm³/mol. The summed E-state index contributed by atoms with van der Waals surface area (Å²) in [6, 6.07) is 12.4. The number of Topliss-reactive ketones (excluding diaryl/α,β-unsaturated/α-hetero) is 2. The summed E-state index contributed by atoms with van der Waals surface area (Å²) in [5.41, 5.74) is 2.19. The summed E-state index contributed by atoms with van der Waals surface area (Å²) < 4.78 is 0. The fourth-order valence-corrected chi connectivity index (χ4v) is 2.65. The number of aryl methyl sites for hydroxylation is 1. The molecular weight excluding hydrogens is 316 g/mol. The van der Waals surface area contributed by atoms with Gasteiger partial charge in [0.05, 0.1) is 0 Å². The fourth-order valence-electron chi connectivity index (χ4n) is 2.65. The Bertz CT molecular complexity index is 783. The van der Waals surface area contributed by atoms with E-state index < -0.39 is 11.7 Å². The minimum absolute atomic E-state index is 0.266. The van der Waals surface area contributed by atoms with Gasteiger partial charge >= 0.3 is 0 Å². The van der Waals surface area contributed by atoms with Gasteiger partial charge in [-0.25, -0.2) is 0 Å². The highest BCUT2D eigenvalue weighted by Gasteiger charge is 2.25. The molecule has 2 aromatic carbocycles. The van der Waals surface area contributed by atoms with Gasteiger partial charge < -0.3 is 10.2 Å². The molecule has 2 aromatic rings. The summed E-state index contributed by atoms with van der Waals surface area (Å²) in [5.74, 6) is -0.595. The number of carbonyl (C=O) groups excluding carboxylic acids is 2. The molecule has 1 unspecified atom stereocenters. The van der Waals surface area contributed by atoms with E-state index in [4.69, 9.17) is 0 Å². The zero-order valence-corrected chi connectivity index (χ0v) is 15.0. The zero-order chi connectivity index (χ0) is 18.8. The number of hydrogen-bond acceptors (Lipinski definition) is 4. The molecule has 0 saturated heterocycles. The van der Waals surface area contributed by atoms with Gasteiger partial charge in [0.15, 0.2) is 11.6 Å². The van der Waals surface area contributed by atoms with Gasteiger partial charge in [0.1, 0.15) is 11.7 Å². The lowest BCUT2D eigenvalue weighted by Crippen LogP contribution is -2.30. The highest BCUT2D eigenvalue weighted by Crippen LogP contribution is 2.25. The van der Waals surface area contributed by atoms with Crippen molar-refractivity contribution < 1.29 is 19.8 Å². The molecule has 1 atom stereocenters. The van der Waals surface area contributed by atoms with E-state index in [9.17, 15) is 19.8 Å². The molecule has 132 valence electrons. The SMILES string of the molecule is CCC(O)C(=O)c1ccc(-c2ccc(C(=O)C(C)(C)O)cc2)cc1C. The Hall–Kier alpha value is -2.30. The summed E-state index contributed by atoms with van der Waals surface area (Å²) in [6.45, 7) is 6.54. The summed E-state index contributed by atoms with van der Waals surface area (Å²) in [5, 5.41) is 19.5. The Balaban J connectivity index is 2.30. The van der Waals surface area contributed by atoms with Crippen LogP contribution in [-0.4, -0.2) is 33.5 Å². The van der Waals surface area contributed by atoms with E-state index in [1.807, 2.05) is 31.2 Å². The molecule has 0 amide bonds. The van der Waals surface area contributed by atoms with Crippen LogP contribution in [0.3, 0.4) is 0 Å². The van der Waals surface area contributed by atoms with Gasteiger partial charge in [-0.2, -0.15) is 0 Å². The van der Waals surface area contributed by atoms with E-state index in [-0.39, 0.29) is 11.6 Å². The van der Waals surface area contributed by atoms with Crippen LogP contribution in [0.25, 0.3) is 11.1 Å². The number of benzene rings is 2. The number of carbonyl (C=O) groups is 2. The quantitative estimate of drug-likeness (QED) is 0.788. The average Bonchev–Trinajstić information content (AvgIpc) is 2.59. The van der Waals surface area contributed by atoms with Crippen LogP contribution in [0.2, 0.25) is 0 Å². The van der Waals surface area contributed by atoms with E-state index in [0.29, 0.717) is 17.5 Å².